The molecule has 0 radical (unpaired) electrons. The number of rotatable bonds is 6. The van der Waals surface area contributed by atoms with E-state index in [4.69, 9.17) is 0 Å². The number of carboxylic acids is 1. The zero-order valence-electron chi connectivity index (χ0n) is 13.3. The average Bonchev–Trinajstić information content (AvgIpc) is 2.99. The fraction of sp³-hybridized carbons (Fsp3) is 0.158. The maximum absolute atomic E-state index is 12.9. The monoisotopic (exact) mass is 339 g/mol. The van der Waals surface area contributed by atoms with Gasteiger partial charge in [-0.05, 0) is 29.3 Å². The largest absolute Gasteiger partial charge is 0.548 e. The topological polar surface area (TPSA) is 85.0 Å². The molecule has 0 spiro atoms. The van der Waals surface area contributed by atoms with Crippen LogP contribution in [0.25, 0.3) is 10.9 Å². The van der Waals surface area contributed by atoms with Crippen molar-refractivity contribution in [2.75, 3.05) is 0 Å². The van der Waals surface area contributed by atoms with Gasteiger partial charge in [-0.25, -0.2) is 4.39 Å². The molecule has 2 aromatic carbocycles. The van der Waals surface area contributed by atoms with E-state index in [0.29, 0.717) is 5.56 Å². The molecular formula is C19H16FN2O3-. The number of hydrogen-bond donors (Lipinski definition) is 2. The van der Waals surface area contributed by atoms with Crippen LogP contribution < -0.4 is 10.4 Å². The van der Waals surface area contributed by atoms with Crippen molar-refractivity contribution in [3.8, 4) is 0 Å². The molecule has 1 aromatic heterocycles. The number of H-pyrrole nitrogens is 1. The average molecular weight is 339 g/mol. The van der Waals surface area contributed by atoms with Crippen LogP contribution in [0.3, 0.4) is 0 Å². The predicted molar refractivity (Wildman–Crippen MR) is 89.0 cm³/mol. The third kappa shape index (κ3) is 4.03. The molecule has 0 saturated heterocycles. The molecule has 6 heteroatoms. The van der Waals surface area contributed by atoms with Crippen molar-refractivity contribution >= 4 is 22.8 Å². The number of hydrogen-bond acceptors (Lipinski definition) is 3. The second kappa shape index (κ2) is 7.17. The molecule has 0 aliphatic carbocycles. The standard InChI is InChI=1S/C19H17FN2O3/c20-14-7-5-12(6-8-14)9-18(23)22-17(19(24)25)10-13-11-21-16-4-2-1-3-15(13)16/h1-8,11,17,21H,9-10H2,(H,22,23)(H,24,25)/p-1/t17-/m0/s1. The molecule has 25 heavy (non-hydrogen) atoms. The van der Waals surface area contributed by atoms with Gasteiger partial charge in [0.25, 0.3) is 0 Å². The van der Waals surface area contributed by atoms with Crippen molar-refractivity contribution in [1.82, 2.24) is 10.3 Å². The maximum atomic E-state index is 12.9. The number of aromatic nitrogens is 1. The maximum Gasteiger partial charge on any atom is 0.224 e. The van der Waals surface area contributed by atoms with E-state index in [1.165, 1.54) is 24.3 Å². The van der Waals surface area contributed by atoms with Crippen LogP contribution in [0.2, 0.25) is 0 Å². The zero-order chi connectivity index (χ0) is 17.8. The second-order valence-electron chi connectivity index (χ2n) is 5.81. The van der Waals surface area contributed by atoms with Gasteiger partial charge in [0.2, 0.25) is 5.91 Å². The number of carbonyl (C=O) groups is 2. The molecule has 0 aliphatic rings. The van der Waals surface area contributed by atoms with Crippen molar-refractivity contribution in [2.45, 2.75) is 18.9 Å². The Morgan fingerprint density at radius 1 is 1.12 bits per heavy atom. The first kappa shape index (κ1) is 16.7. The van der Waals surface area contributed by atoms with Crippen LogP contribution in [0.5, 0.6) is 0 Å². The minimum Gasteiger partial charge on any atom is -0.548 e. The van der Waals surface area contributed by atoms with Gasteiger partial charge in [-0.15, -0.1) is 0 Å². The van der Waals surface area contributed by atoms with E-state index in [-0.39, 0.29) is 12.8 Å². The Morgan fingerprint density at radius 2 is 1.84 bits per heavy atom. The first-order valence-electron chi connectivity index (χ1n) is 7.82. The number of fused-ring (bicyclic) bond motifs is 1. The van der Waals surface area contributed by atoms with Crippen LogP contribution in [0.15, 0.2) is 54.7 Å². The Morgan fingerprint density at radius 3 is 2.56 bits per heavy atom. The molecular weight excluding hydrogens is 323 g/mol. The molecule has 1 amide bonds. The number of benzene rings is 2. The summed E-state index contributed by atoms with van der Waals surface area (Å²) in [6.45, 7) is 0. The molecule has 0 bridgehead atoms. The van der Waals surface area contributed by atoms with Crippen LogP contribution in [-0.4, -0.2) is 22.9 Å². The van der Waals surface area contributed by atoms with Gasteiger partial charge in [0, 0.05) is 23.5 Å². The van der Waals surface area contributed by atoms with Gasteiger partial charge < -0.3 is 20.2 Å². The van der Waals surface area contributed by atoms with Crippen LogP contribution >= 0.6 is 0 Å². The number of carbonyl (C=O) groups excluding carboxylic acids is 2. The molecule has 0 unspecified atom stereocenters. The van der Waals surface area contributed by atoms with Gasteiger partial charge >= 0.3 is 0 Å². The summed E-state index contributed by atoms with van der Waals surface area (Å²) in [6, 6.07) is 11.9. The van der Waals surface area contributed by atoms with Crippen molar-refractivity contribution in [3.63, 3.8) is 0 Å². The molecule has 128 valence electrons. The number of para-hydroxylation sites is 1. The number of carboxylic acid groups (broad SMARTS) is 1. The second-order valence-corrected chi connectivity index (χ2v) is 5.81. The van der Waals surface area contributed by atoms with Crippen molar-refractivity contribution < 1.29 is 19.1 Å². The molecule has 1 atom stereocenters. The van der Waals surface area contributed by atoms with Gasteiger partial charge in [-0.3, -0.25) is 4.79 Å². The van der Waals surface area contributed by atoms with E-state index < -0.39 is 23.7 Å². The van der Waals surface area contributed by atoms with E-state index in [2.05, 4.69) is 10.3 Å². The fourth-order valence-corrected chi connectivity index (χ4v) is 2.75. The molecule has 0 aliphatic heterocycles. The molecule has 1 heterocycles. The smallest absolute Gasteiger partial charge is 0.224 e. The van der Waals surface area contributed by atoms with Gasteiger partial charge in [0.15, 0.2) is 0 Å². The number of halogens is 1. The summed E-state index contributed by atoms with van der Waals surface area (Å²) < 4.78 is 12.9. The highest BCUT2D eigenvalue weighted by Crippen LogP contribution is 2.19. The number of aliphatic carboxylic acids is 1. The highest BCUT2D eigenvalue weighted by molar-refractivity contribution is 5.86. The lowest BCUT2D eigenvalue weighted by molar-refractivity contribution is -0.308. The van der Waals surface area contributed by atoms with E-state index in [9.17, 15) is 19.1 Å². The highest BCUT2D eigenvalue weighted by atomic mass is 19.1. The van der Waals surface area contributed by atoms with E-state index in [1.807, 2.05) is 24.3 Å². The third-order valence-corrected chi connectivity index (χ3v) is 4.00. The third-order valence-electron chi connectivity index (χ3n) is 4.00. The Hall–Kier alpha value is -3.15. The summed E-state index contributed by atoms with van der Waals surface area (Å²) in [7, 11) is 0. The summed E-state index contributed by atoms with van der Waals surface area (Å²) in [4.78, 5) is 26.6. The normalized spacial score (nSPS) is 12.0. The SMILES string of the molecule is O=C(Cc1ccc(F)cc1)N[C@@H](Cc1c[nH]c2ccccc12)C(=O)[O-]. The van der Waals surface area contributed by atoms with Crippen molar-refractivity contribution in [1.29, 1.82) is 0 Å². The van der Waals surface area contributed by atoms with E-state index >= 15 is 0 Å². The molecule has 5 nitrogen and oxygen atoms in total. The predicted octanol–water partition coefficient (Wildman–Crippen LogP) is 1.33. The van der Waals surface area contributed by atoms with Crippen LogP contribution in [0, 0.1) is 5.82 Å². The quantitative estimate of drug-likeness (QED) is 0.710. The molecule has 3 aromatic rings. The Labute approximate surface area is 143 Å². The number of amides is 1. The Bertz CT molecular complexity index is 902. The molecule has 3 rings (SSSR count). The van der Waals surface area contributed by atoms with Gasteiger partial charge in [-0.1, -0.05) is 30.3 Å². The first-order valence-corrected chi connectivity index (χ1v) is 7.82. The minimum atomic E-state index is -1.35. The Balaban J connectivity index is 1.69. The minimum absolute atomic E-state index is 0.0298. The van der Waals surface area contributed by atoms with Gasteiger partial charge in [-0.2, -0.15) is 0 Å². The Kier molecular flexibility index (Phi) is 4.79. The lowest BCUT2D eigenvalue weighted by Crippen LogP contribution is -2.49. The first-order chi connectivity index (χ1) is 12.0. The highest BCUT2D eigenvalue weighted by Gasteiger charge is 2.16. The molecule has 0 saturated carbocycles. The summed E-state index contributed by atoms with van der Waals surface area (Å²) in [5, 5.41) is 14.8. The number of nitrogens with one attached hydrogen (secondary N) is 2. The molecule has 0 fully saturated rings. The summed E-state index contributed by atoms with van der Waals surface area (Å²) in [5.41, 5.74) is 2.28. The van der Waals surface area contributed by atoms with Crippen LogP contribution in [0.4, 0.5) is 4.39 Å². The van der Waals surface area contributed by atoms with E-state index in [1.54, 1.807) is 6.20 Å². The van der Waals surface area contributed by atoms with Gasteiger partial charge in [0.05, 0.1) is 18.4 Å². The van der Waals surface area contributed by atoms with Crippen molar-refractivity contribution in [3.05, 3.63) is 71.7 Å². The lowest BCUT2D eigenvalue weighted by Gasteiger charge is -2.19. The van der Waals surface area contributed by atoms with E-state index in [0.717, 1.165) is 16.5 Å². The molecule has 2 N–H and O–H groups in total. The van der Waals surface area contributed by atoms with Crippen LogP contribution in [0.1, 0.15) is 11.1 Å². The van der Waals surface area contributed by atoms with Crippen molar-refractivity contribution in [2.24, 2.45) is 0 Å². The summed E-state index contributed by atoms with van der Waals surface area (Å²) in [5.74, 6) is -2.20. The fourth-order valence-electron chi connectivity index (χ4n) is 2.75. The zero-order valence-corrected chi connectivity index (χ0v) is 13.3. The number of aromatic amines is 1. The van der Waals surface area contributed by atoms with Crippen LogP contribution in [-0.2, 0) is 22.4 Å². The lowest BCUT2D eigenvalue weighted by atomic mass is 10.0. The van der Waals surface area contributed by atoms with Gasteiger partial charge in [0.1, 0.15) is 5.82 Å². The summed E-state index contributed by atoms with van der Waals surface area (Å²) in [6.07, 6.45) is 1.81. The summed E-state index contributed by atoms with van der Waals surface area (Å²) >= 11 is 0.